The molecule has 0 spiro atoms. The van der Waals surface area contributed by atoms with Gasteiger partial charge in [-0.3, -0.25) is 9.36 Å². The number of fused-ring (bicyclic) bond motifs is 4. The summed E-state index contributed by atoms with van der Waals surface area (Å²) in [4.78, 5) is 21.2. The monoisotopic (exact) mass is 468 g/mol. The van der Waals surface area contributed by atoms with E-state index in [0.717, 1.165) is 46.1 Å². The minimum absolute atomic E-state index is 0.0682. The summed E-state index contributed by atoms with van der Waals surface area (Å²) in [7, 11) is 0. The van der Waals surface area contributed by atoms with Crippen LogP contribution in [0.5, 0.6) is 0 Å². The summed E-state index contributed by atoms with van der Waals surface area (Å²) in [5, 5.41) is 4.08. The van der Waals surface area contributed by atoms with Crippen molar-refractivity contribution in [3.63, 3.8) is 0 Å². The molecule has 0 N–H and O–H groups in total. The van der Waals surface area contributed by atoms with Gasteiger partial charge in [0.2, 0.25) is 0 Å². The molecule has 164 valence electrons. The van der Waals surface area contributed by atoms with Crippen LogP contribution in [0.1, 0.15) is 29.3 Å². The molecule has 2 aromatic heterocycles. The van der Waals surface area contributed by atoms with E-state index < -0.39 is 0 Å². The highest BCUT2D eigenvalue weighted by Gasteiger charge is 2.25. The van der Waals surface area contributed by atoms with Crippen molar-refractivity contribution in [3.8, 4) is 5.69 Å². The molecule has 0 bridgehead atoms. The lowest BCUT2D eigenvalue weighted by molar-refractivity contribution is 0.509. The van der Waals surface area contributed by atoms with Gasteiger partial charge in [-0.1, -0.05) is 79.3 Å². The maximum Gasteiger partial charge on any atom is 0.267 e. The summed E-state index contributed by atoms with van der Waals surface area (Å²) in [6, 6.07) is 24.8. The molecule has 0 saturated heterocycles. The van der Waals surface area contributed by atoms with Gasteiger partial charge in [-0.2, -0.15) is 0 Å². The zero-order valence-corrected chi connectivity index (χ0v) is 20.1. The van der Waals surface area contributed by atoms with E-state index in [1.807, 2.05) is 34.9 Å². The Morgan fingerprint density at radius 2 is 1.82 bits per heavy atom. The standard InChI is InChI=1S/C28H24N2OS2/c1-18-14-15-23-24(16-18)33-26-25(23)27(31)30(21-11-3-2-4-12-21)28(29-26)32-17-20-10-7-9-19-8-5-6-13-22(19)20/h2-13,18H,14-17H2,1H3. The van der Waals surface area contributed by atoms with E-state index in [2.05, 4.69) is 49.4 Å². The second-order valence-corrected chi connectivity index (χ2v) is 10.9. The van der Waals surface area contributed by atoms with E-state index in [1.165, 1.54) is 26.8 Å². The predicted molar refractivity (Wildman–Crippen MR) is 140 cm³/mol. The van der Waals surface area contributed by atoms with Crippen LogP contribution in [0, 0.1) is 5.92 Å². The first-order chi connectivity index (χ1) is 16.2. The Hall–Kier alpha value is -2.89. The van der Waals surface area contributed by atoms with Crippen LogP contribution >= 0.6 is 23.1 Å². The first-order valence-electron chi connectivity index (χ1n) is 11.4. The molecule has 3 nitrogen and oxygen atoms in total. The van der Waals surface area contributed by atoms with Crippen molar-refractivity contribution >= 4 is 44.1 Å². The number of hydrogen-bond acceptors (Lipinski definition) is 4. The van der Waals surface area contributed by atoms with Gasteiger partial charge in [0, 0.05) is 10.6 Å². The summed E-state index contributed by atoms with van der Waals surface area (Å²) in [5.41, 5.74) is 3.44. The molecule has 1 aliphatic rings. The van der Waals surface area contributed by atoms with Crippen LogP contribution in [-0.2, 0) is 18.6 Å². The molecular weight excluding hydrogens is 444 g/mol. The van der Waals surface area contributed by atoms with Crippen molar-refractivity contribution in [2.24, 2.45) is 5.92 Å². The van der Waals surface area contributed by atoms with E-state index in [1.54, 1.807) is 23.1 Å². The van der Waals surface area contributed by atoms with Gasteiger partial charge in [-0.25, -0.2) is 4.98 Å². The molecule has 0 aliphatic heterocycles. The second-order valence-electron chi connectivity index (χ2n) is 8.83. The average molecular weight is 469 g/mol. The third-order valence-corrected chi connectivity index (χ3v) is 8.69. The minimum Gasteiger partial charge on any atom is -0.268 e. The third kappa shape index (κ3) is 3.69. The molecule has 5 aromatic rings. The van der Waals surface area contributed by atoms with Crippen LogP contribution in [0.15, 0.2) is 82.7 Å². The fourth-order valence-electron chi connectivity index (χ4n) is 4.83. The molecular formula is C28H24N2OS2. The van der Waals surface area contributed by atoms with Gasteiger partial charge in [-0.05, 0) is 59.2 Å². The van der Waals surface area contributed by atoms with Crippen molar-refractivity contribution in [3.05, 3.63) is 99.2 Å². The zero-order chi connectivity index (χ0) is 22.4. The highest BCUT2D eigenvalue weighted by molar-refractivity contribution is 7.98. The number of nitrogens with zero attached hydrogens (tertiary/aromatic N) is 2. The highest BCUT2D eigenvalue weighted by atomic mass is 32.2. The number of benzene rings is 3. The van der Waals surface area contributed by atoms with E-state index in [9.17, 15) is 4.79 Å². The van der Waals surface area contributed by atoms with Crippen LogP contribution in [0.4, 0.5) is 0 Å². The molecule has 3 aromatic carbocycles. The van der Waals surface area contributed by atoms with Crippen molar-refractivity contribution in [2.75, 3.05) is 0 Å². The van der Waals surface area contributed by atoms with Crippen molar-refractivity contribution in [1.82, 2.24) is 9.55 Å². The topological polar surface area (TPSA) is 34.9 Å². The van der Waals surface area contributed by atoms with Crippen molar-refractivity contribution in [2.45, 2.75) is 37.1 Å². The van der Waals surface area contributed by atoms with Crippen LogP contribution in [0.25, 0.3) is 26.7 Å². The Morgan fingerprint density at radius 1 is 1.03 bits per heavy atom. The Balaban J connectivity index is 1.49. The SMILES string of the molecule is CC1CCc2c(sc3nc(SCc4cccc5ccccc45)n(-c4ccccc4)c(=O)c23)C1. The summed E-state index contributed by atoms with van der Waals surface area (Å²) in [6.07, 6.45) is 3.17. The van der Waals surface area contributed by atoms with Gasteiger partial charge >= 0.3 is 0 Å². The largest absolute Gasteiger partial charge is 0.268 e. The lowest BCUT2D eigenvalue weighted by atomic mass is 9.89. The second kappa shape index (κ2) is 8.47. The van der Waals surface area contributed by atoms with Gasteiger partial charge in [0.25, 0.3) is 5.56 Å². The van der Waals surface area contributed by atoms with Crippen molar-refractivity contribution in [1.29, 1.82) is 0 Å². The molecule has 5 heteroatoms. The smallest absolute Gasteiger partial charge is 0.267 e. The van der Waals surface area contributed by atoms with Crippen LogP contribution in [0.2, 0.25) is 0 Å². The molecule has 0 radical (unpaired) electrons. The third-order valence-electron chi connectivity index (χ3n) is 6.55. The molecule has 33 heavy (non-hydrogen) atoms. The Labute approximate surface area is 201 Å². The fourth-order valence-corrected chi connectivity index (χ4v) is 7.27. The first-order valence-corrected chi connectivity index (χ1v) is 13.2. The number of thiophene rings is 1. The van der Waals surface area contributed by atoms with E-state index in [0.29, 0.717) is 5.92 Å². The fraction of sp³-hybridized carbons (Fsp3) is 0.214. The van der Waals surface area contributed by atoms with E-state index >= 15 is 0 Å². The Kier molecular flexibility index (Phi) is 5.31. The molecule has 0 fully saturated rings. The summed E-state index contributed by atoms with van der Waals surface area (Å²) in [5.74, 6) is 1.43. The molecule has 0 saturated carbocycles. The summed E-state index contributed by atoms with van der Waals surface area (Å²) < 4.78 is 1.82. The molecule has 2 heterocycles. The number of aryl methyl sites for hydroxylation is 1. The van der Waals surface area contributed by atoms with Gasteiger partial charge in [-0.15, -0.1) is 11.3 Å². The molecule has 1 aliphatic carbocycles. The quantitative estimate of drug-likeness (QED) is 0.210. The predicted octanol–water partition coefficient (Wildman–Crippen LogP) is 7.02. The minimum atomic E-state index is 0.0682. The highest BCUT2D eigenvalue weighted by Crippen LogP contribution is 2.37. The van der Waals surface area contributed by atoms with Gasteiger partial charge < -0.3 is 0 Å². The average Bonchev–Trinajstić information content (AvgIpc) is 3.21. The van der Waals surface area contributed by atoms with Gasteiger partial charge in [0.05, 0.1) is 11.1 Å². The maximum atomic E-state index is 13.9. The summed E-state index contributed by atoms with van der Waals surface area (Å²) in [6.45, 7) is 2.30. The van der Waals surface area contributed by atoms with Crippen LogP contribution in [0.3, 0.4) is 0 Å². The first kappa shape index (κ1) is 20.7. The molecule has 1 unspecified atom stereocenters. The van der Waals surface area contributed by atoms with Gasteiger partial charge in [0.1, 0.15) is 4.83 Å². The van der Waals surface area contributed by atoms with E-state index in [-0.39, 0.29) is 5.56 Å². The van der Waals surface area contributed by atoms with Crippen molar-refractivity contribution < 1.29 is 0 Å². The van der Waals surface area contributed by atoms with E-state index in [4.69, 9.17) is 4.98 Å². The zero-order valence-electron chi connectivity index (χ0n) is 18.5. The number of rotatable bonds is 4. The number of thioether (sulfide) groups is 1. The molecule has 6 rings (SSSR count). The normalized spacial score (nSPS) is 15.7. The Bertz CT molecular complexity index is 1530. The number of para-hydroxylation sites is 1. The summed E-state index contributed by atoms with van der Waals surface area (Å²) >= 11 is 3.37. The van der Waals surface area contributed by atoms with Gasteiger partial charge in [0.15, 0.2) is 5.16 Å². The lowest BCUT2D eigenvalue weighted by Gasteiger charge is -2.18. The lowest BCUT2D eigenvalue weighted by Crippen LogP contribution is -2.22. The maximum absolute atomic E-state index is 13.9. The van der Waals surface area contributed by atoms with Crippen LogP contribution in [-0.4, -0.2) is 9.55 Å². The van der Waals surface area contributed by atoms with Crippen LogP contribution < -0.4 is 5.56 Å². The Morgan fingerprint density at radius 3 is 2.70 bits per heavy atom. The molecule has 1 atom stereocenters. The number of hydrogen-bond donors (Lipinski definition) is 0. The number of aromatic nitrogens is 2. The molecule has 0 amide bonds.